The van der Waals surface area contributed by atoms with Gasteiger partial charge in [0.25, 0.3) is 0 Å². The summed E-state index contributed by atoms with van der Waals surface area (Å²) in [6.45, 7) is 7.00. The van der Waals surface area contributed by atoms with Crippen LogP contribution < -0.4 is 10.6 Å². The zero-order chi connectivity index (χ0) is 12.9. The van der Waals surface area contributed by atoms with E-state index in [1.54, 1.807) is 6.33 Å². The van der Waals surface area contributed by atoms with Gasteiger partial charge in [-0.25, -0.2) is 0 Å². The molecule has 0 aliphatic carbocycles. The first-order chi connectivity index (χ1) is 7.88. The monoisotopic (exact) mass is 239 g/mol. The van der Waals surface area contributed by atoms with Crippen molar-refractivity contribution in [3.8, 4) is 0 Å². The third kappa shape index (κ3) is 5.44. The Morgan fingerprint density at radius 3 is 2.71 bits per heavy atom. The van der Waals surface area contributed by atoms with Crippen molar-refractivity contribution >= 4 is 5.91 Å². The first-order valence-corrected chi connectivity index (χ1v) is 5.73. The highest BCUT2D eigenvalue weighted by molar-refractivity contribution is 5.78. The highest BCUT2D eigenvalue weighted by Gasteiger charge is 2.11. The normalized spacial score (nSPS) is 11.5. The number of hydrogen-bond acceptors (Lipinski definition) is 4. The molecule has 0 spiro atoms. The molecule has 1 aromatic rings. The maximum atomic E-state index is 11.5. The highest BCUT2D eigenvalue weighted by atomic mass is 16.1. The second-order valence-corrected chi connectivity index (χ2v) is 5.06. The zero-order valence-corrected chi connectivity index (χ0v) is 10.9. The highest BCUT2D eigenvalue weighted by Crippen LogP contribution is 1.96. The number of nitrogens with one attached hydrogen (secondary N) is 2. The lowest BCUT2D eigenvalue weighted by molar-refractivity contribution is -0.120. The molecule has 0 atom stereocenters. The summed E-state index contributed by atoms with van der Waals surface area (Å²) in [6, 6.07) is 0. The molecule has 0 radical (unpaired) electrons. The van der Waals surface area contributed by atoms with Gasteiger partial charge in [-0.15, -0.1) is 10.2 Å². The van der Waals surface area contributed by atoms with Crippen molar-refractivity contribution in [3.63, 3.8) is 0 Å². The van der Waals surface area contributed by atoms with Crippen molar-refractivity contribution in [3.05, 3.63) is 12.2 Å². The van der Waals surface area contributed by atoms with E-state index in [4.69, 9.17) is 0 Å². The Balaban J connectivity index is 2.19. The van der Waals surface area contributed by atoms with E-state index >= 15 is 0 Å². The number of nitrogens with zero attached hydrogens (tertiary/aromatic N) is 3. The Bertz CT molecular complexity index is 366. The average molecular weight is 239 g/mol. The maximum absolute atomic E-state index is 11.5. The molecule has 6 heteroatoms. The number of carbonyl (C=O) groups is 1. The number of rotatable bonds is 5. The number of carbonyl (C=O) groups excluding carboxylic acids is 1. The minimum Gasteiger partial charge on any atom is -0.355 e. The van der Waals surface area contributed by atoms with Crippen LogP contribution in [-0.2, 0) is 18.3 Å². The fourth-order valence-electron chi connectivity index (χ4n) is 1.26. The second kappa shape index (κ2) is 5.77. The standard InChI is InChI=1S/C11H21N5O/c1-11(2,3)13-7-10(17)12-6-5-9-15-14-8-16(9)4/h8,13H,5-7H2,1-4H3,(H,12,17). The van der Waals surface area contributed by atoms with Crippen LogP contribution in [0, 0.1) is 0 Å². The van der Waals surface area contributed by atoms with Crippen LogP contribution in [0.4, 0.5) is 0 Å². The van der Waals surface area contributed by atoms with Gasteiger partial charge in [0.15, 0.2) is 0 Å². The molecule has 0 aliphatic heterocycles. The van der Waals surface area contributed by atoms with Gasteiger partial charge < -0.3 is 15.2 Å². The van der Waals surface area contributed by atoms with Gasteiger partial charge in [-0.05, 0) is 20.8 Å². The lowest BCUT2D eigenvalue weighted by Gasteiger charge is -2.19. The predicted octanol–water partition coefficient (Wildman–Crippen LogP) is -0.138. The van der Waals surface area contributed by atoms with E-state index in [2.05, 4.69) is 20.8 Å². The quantitative estimate of drug-likeness (QED) is 0.750. The molecule has 0 fully saturated rings. The number of amides is 1. The van der Waals surface area contributed by atoms with Gasteiger partial charge in [-0.2, -0.15) is 0 Å². The molecule has 1 heterocycles. The molecule has 0 unspecified atom stereocenters. The average Bonchev–Trinajstić information content (AvgIpc) is 2.61. The Hall–Kier alpha value is -1.43. The Morgan fingerprint density at radius 1 is 1.47 bits per heavy atom. The fourth-order valence-corrected chi connectivity index (χ4v) is 1.26. The van der Waals surface area contributed by atoms with E-state index in [-0.39, 0.29) is 11.4 Å². The van der Waals surface area contributed by atoms with Crippen molar-refractivity contribution in [2.45, 2.75) is 32.7 Å². The van der Waals surface area contributed by atoms with Gasteiger partial charge in [0, 0.05) is 25.6 Å². The molecule has 2 N–H and O–H groups in total. The summed E-state index contributed by atoms with van der Waals surface area (Å²) in [5.74, 6) is 0.871. The Morgan fingerprint density at radius 2 is 2.18 bits per heavy atom. The zero-order valence-electron chi connectivity index (χ0n) is 10.9. The van der Waals surface area contributed by atoms with E-state index in [0.29, 0.717) is 19.5 Å². The number of aromatic nitrogens is 3. The molecule has 1 amide bonds. The van der Waals surface area contributed by atoms with Gasteiger partial charge in [0.05, 0.1) is 6.54 Å². The SMILES string of the molecule is Cn1cnnc1CCNC(=O)CNC(C)(C)C. The van der Waals surface area contributed by atoms with Crippen molar-refractivity contribution in [2.75, 3.05) is 13.1 Å². The number of hydrogen-bond donors (Lipinski definition) is 2. The smallest absolute Gasteiger partial charge is 0.233 e. The Kier molecular flexibility index (Phi) is 4.62. The lowest BCUT2D eigenvalue weighted by Crippen LogP contribution is -2.43. The molecule has 1 rings (SSSR count). The third-order valence-corrected chi connectivity index (χ3v) is 2.26. The summed E-state index contributed by atoms with van der Waals surface area (Å²) in [6.07, 6.45) is 2.34. The summed E-state index contributed by atoms with van der Waals surface area (Å²) in [4.78, 5) is 11.5. The first kappa shape index (κ1) is 13.6. The van der Waals surface area contributed by atoms with E-state index in [1.807, 2.05) is 32.4 Å². The molecular formula is C11H21N5O. The molecule has 0 saturated heterocycles. The van der Waals surface area contributed by atoms with Gasteiger partial charge >= 0.3 is 0 Å². The molecule has 1 aromatic heterocycles. The van der Waals surface area contributed by atoms with E-state index in [0.717, 1.165) is 5.82 Å². The van der Waals surface area contributed by atoms with Crippen LogP contribution in [0.2, 0.25) is 0 Å². The molecule has 0 bridgehead atoms. The van der Waals surface area contributed by atoms with Crippen LogP contribution in [0.5, 0.6) is 0 Å². The van der Waals surface area contributed by atoms with Crippen LogP contribution >= 0.6 is 0 Å². The summed E-state index contributed by atoms with van der Waals surface area (Å²) in [5.41, 5.74) is -0.0407. The molecule has 0 aromatic carbocycles. The minimum atomic E-state index is -0.0407. The first-order valence-electron chi connectivity index (χ1n) is 5.73. The van der Waals surface area contributed by atoms with Crippen LogP contribution in [0.15, 0.2) is 6.33 Å². The van der Waals surface area contributed by atoms with Crippen molar-refractivity contribution in [1.82, 2.24) is 25.4 Å². The predicted molar refractivity (Wildman–Crippen MR) is 65.5 cm³/mol. The van der Waals surface area contributed by atoms with Crippen molar-refractivity contribution in [2.24, 2.45) is 7.05 Å². The van der Waals surface area contributed by atoms with Crippen LogP contribution in [0.25, 0.3) is 0 Å². The molecule has 0 aliphatic rings. The Labute approximate surface area is 102 Å². The third-order valence-electron chi connectivity index (χ3n) is 2.26. The largest absolute Gasteiger partial charge is 0.355 e. The summed E-state index contributed by atoms with van der Waals surface area (Å²) in [7, 11) is 1.89. The van der Waals surface area contributed by atoms with Gasteiger partial charge in [0.1, 0.15) is 12.2 Å². The fraction of sp³-hybridized carbons (Fsp3) is 0.727. The molecule has 96 valence electrons. The topological polar surface area (TPSA) is 71.8 Å². The minimum absolute atomic E-state index is 0.00194. The lowest BCUT2D eigenvalue weighted by atomic mass is 10.1. The molecule has 0 saturated carbocycles. The summed E-state index contributed by atoms with van der Waals surface area (Å²) >= 11 is 0. The van der Waals surface area contributed by atoms with E-state index in [1.165, 1.54) is 0 Å². The second-order valence-electron chi connectivity index (χ2n) is 5.06. The van der Waals surface area contributed by atoms with Crippen molar-refractivity contribution < 1.29 is 4.79 Å². The number of aryl methyl sites for hydroxylation is 1. The van der Waals surface area contributed by atoms with Crippen molar-refractivity contribution in [1.29, 1.82) is 0 Å². The van der Waals surface area contributed by atoms with Gasteiger partial charge in [0.2, 0.25) is 5.91 Å². The molecular weight excluding hydrogens is 218 g/mol. The maximum Gasteiger partial charge on any atom is 0.233 e. The van der Waals surface area contributed by atoms with Crippen LogP contribution in [0.1, 0.15) is 26.6 Å². The van der Waals surface area contributed by atoms with Gasteiger partial charge in [-0.1, -0.05) is 0 Å². The summed E-state index contributed by atoms with van der Waals surface area (Å²) in [5, 5.41) is 13.7. The van der Waals surface area contributed by atoms with Crippen LogP contribution in [-0.4, -0.2) is 39.3 Å². The molecule has 17 heavy (non-hydrogen) atoms. The van der Waals surface area contributed by atoms with E-state index in [9.17, 15) is 4.79 Å². The molecule has 6 nitrogen and oxygen atoms in total. The summed E-state index contributed by atoms with van der Waals surface area (Å²) < 4.78 is 1.85. The van der Waals surface area contributed by atoms with E-state index < -0.39 is 0 Å². The van der Waals surface area contributed by atoms with Gasteiger partial charge in [-0.3, -0.25) is 4.79 Å². The van der Waals surface area contributed by atoms with Crippen LogP contribution in [0.3, 0.4) is 0 Å².